The number of hydrogen-bond acceptors (Lipinski definition) is 2. The smallest absolute Gasteiger partial charge is 0.0774 e. The topological polar surface area (TPSA) is 29.9 Å². The van der Waals surface area contributed by atoms with Crippen LogP contribution in [0.25, 0.3) is 0 Å². The van der Waals surface area contributed by atoms with Gasteiger partial charge in [0, 0.05) is 12.1 Å². The van der Waals surface area contributed by atoms with Crippen LogP contribution in [-0.4, -0.2) is 16.3 Å². The van der Waals surface area contributed by atoms with Gasteiger partial charge in [-0.1, -0.05) is 36.7 Å². The van der Waals surface area contributed by atoms with E-state index in [-0.39, 0.29) is 6.04 Å². The standard InChI is InChI=1S/C15H19BrClN3/c1-4-8-18-14(15-12(16)9-19-20(15)3)11-7-5-6-10(2)13(11)17/h5-7,9,14,18H,4,8H2,1-3H3. The van der Waals surface area contributed by atoms with E-state index >= 15 is 0 Å². The number of nitrogens with one attached hydrogen (secondary N) is 1. The van der Waals surface area contributed by atoms with Crippen molar-refractivity contribution in [2.75, 3.05) is 6.54 Å². The summed E-state index contributed by atoms with van der Waals surface area (Å²) in [4.78, 5) is 0. The Morgan fingerprint density at radius 1 is 1.45 bits per heavy atom. The molecule has 2 rings (SSSR count). The van der Waals surface area contributed by atoms with Gasteiger partial charge in [-0.15, -0.1) is 0 Å². The summed E-state index contributed by atoms with van der Waals surface area (Å²) in [5.41, 5.74) is 3.26. The van der Waals surface area contributed by atoms with Crippen LogP contribution in [0.5, 0.6) is 0 Å². The fourth-order valence-corrected chi connectivity index (χ4v) is 3.09. The molecule has 1 atom stereocenters. The molecule has 0 aliphatic rings. The Kier molecular flexibility index (Phi) is 5.24. The van der Waals surface area contributed by atoms with Gasteiger partial charge in [-0.25, -0.2) is 0 Å². The summed E-state index contributed by atoms with van der Waals surface area (Å²) in [7, 11) is 1.95. The van der Waals surface area contributed by atoms with Crippen LogP contribution in [0.3, 0.4) is 0 Å². The fraction of sp³-hybridized carbons (Fsp3) is 0.400. The SMILES string of the molecule is CCCNC(c1cccc(C)c1Cl)c1c(Br)cnn1C. The molecule has 0 saturated carbocycles. The summed E-state index contributed by atoms with van der Waals surface area (Å²) < 4.78 is 2.88. The van der Waals surface area contributed by atoms with E-state index in [2.05, 4.69) is 39.3 Å². The Morgan fingerprint density at radius 2 is 2.20 bits per heavy atom. The molecule has 0 aliphatic carbocycles. The van der Waals surface area contributed by atoms with E-state index in [1.165, 1.54) is 0 Å². The molecule has 0 bridgehead atoms. The van der Waals surface area contributed by atoms with E-state index in [4.69, 9.17) is 11.6 Å². The van der Waals surface area contributed by atoms with Crippen molar-refractivity contribution in [1.82, 2.24) is 15.1 Å². The lowest BCUT2D eigenvalue weighted by Crippen LogP contribution is -2.26. The highest BCUT2D eigenvalue weighted by Gasteiger charge is 2.22. The Labute approximate surface area is 133 Å². The van der Waals surface area contributed by atoms with Gasteiger partial charge in [0.25, 0.3) is 0 Å². The lowest BCUT2D eigenvalue weighted by Gasteiger charge is -2.22. The van der Waals surface area contributed by atoms with E-state index in [9.17, 15) is 0 Å². The maximum absolute atomic E-state index is 6.50. The van der Waals surface area contributed by atoms with E-state index < -0.39 is 0 Å². The molecule has 2 aromatic rings. The van der Waals surface area contributed by atoms with Gasteiger partial charge in [0.1, 0.15) is 0 Å². The lowest BCUT2D eigenvalue weighted by molar-refractivity contribution is 0.552. The molecule has 20 heavy (non-hydrogen) atoms. The molecule has 1 N–H and O–H groups in total. The van der Waals surface area contributed by atoms with Crippen molar-refractivity contribution >= 4 is 27.5 Å². The first-order valence-corrected chi connectivity index (χ1v) is 7.89. The average molecular weight is 357 g/mol. The Balaban J connectivity index is 2.50. The van der Waals surface area contributed by atoms with E-state index in [1.807, 2.05) is 37.0 Å². The van der Waals surface area contributed by atoms with E-state index in [0.717, 1.165) is 39.3 Å². The third-order valence-corrected chi connectivity index (χ3v) is 4.47. The normalized spacial score (nSPS) is 12.7. The van der Waals surface area contributed by atoms with Crippen LogP contribution in [0.2, 0.25) is 5.02 Å². The maximum atomic E-state index is 6.50. The van der Waals surface area contributed by atoms with Gasteiger partial charge in [-0.2, -0.15) is 5.10 Å². The molecule has 1 aromatic heterocycles. The molecule has 3 nitrogen and oxygen atoms in total. The van der Waals surface area contributed by atoms with Crippen molar-refractivity contribution in [2.24, 2.45) is 7.05 Å². The average Bonchev–Trinajstić information content (AvgIpc) is 2.75. The summed E-state index contributed by atoms with van der Waals surface area (Å²) in [6.07, 6.45) is 2.88. The number of aromatic nitrogens is 2. The highest BCUT2D eigenvalue weighted by Crippen LogP contribution is 2.33. The highest BCUT2D eigenvalue weighted by atomic mass is 79.9. The summed E-state index contributed by atoms with van der Waals surface area (Å²) >= 11 is 10.1. The van der Waals surface area contributed by atoms with Gasteiger partial charge >= 0.3 is 0 Å². The molecule has 0 radical (unpaired) electrons. The van der Waals surface area contributed by atoms with Gasteiger partial charge < -0.3 is 5.32 Å². The molecular weight excluding hydrogens is 338 g/mol. The summed E-state index contributed by atoms with van der Waals surface area (Å²) in [6, 6.07) is 6.18. The Bertz CT molecular complexity index is 575. The van der Waals surface area contributed by atoms with Crippen LogP contribution < -0.4 is 5.32 Å². The first kappa shape index (κ1) is 15.5. The molecule has 1 heterocycles. The Hall–Kier alpha value is -0.840. The van der Waals surface area contributed by atoms with E-state index in [1.54, 1.807) is 0 Å². The maximum Gasteiger partial charge on any atom is 0.0774 e. The molecule has 0 aliphatic heterocycles. The van der Waals surface area contributed by atoms with Crippen LogP contribution in [-0.2, 0) is 7.05 Å². The minimum Gasteiger partial charge on any atom is -0.305 e. The zero-order valence-corrected chi connectivity index (χ0v) is 14.3. The molecular formula is C15H19BrClN3. The molecule has 5 heteroatoms. The third kappa shape index (κ3) is 3.08. The minimum atomic E-state index is 0.0317. The summed E-state index contributed by atoms with van der Waals surface area (Å²) in [6.45, 7) is 5.10. The number of aryl methyl sites for hydroxylation is 2. The monoisotopic (exact) mass is 355 g/mol. The zero-order valence-electron chi connectivity index (χ0n) is 12.0. The predicted molar refractivity (Wildman–Crippen MR) is 87.2 cm³/mol. The van der Waals surface area contributed by atoms with Crippen LogP contribution in [0.4, 0.5) is 0 Å². The number of halogens is 2. The molecule has 0 fully saturated rings. The minimum absolute atomic E-state index is 0.0317. The van der Waals surface area contributed by atoms with Gasteiger partial charge in [-0.05, 0) is 46.9 Å². The third-order valence-electron chi connectivity index (χ3n) is 3.34. The number of rotatable bonds is 5. The van der Waals surface area contributed by atoms with Crippen molar-refractivity contribution in [3.05, 3.63) is 50.7 Å². The first-order valence-electron chi connectivity index (χ1n) is 6.72. The van der Waals surface area contributed by atoms with Crippen molar-refractivity contribution in [2.45, 2.75) is 26.3 Å². The second kappa shape index (κ2) is 6.74. The van der Waals surface area contributed by atoms with Crippen molar-refractivity contribution in [3.8, 4) is 0 Å². The number of nitrogens with zero attached hydrogens (tertiary/aromatic N) is 2. The van der Waals surface area contributed by atoms with Crippen LogP contribution in [0, 0.1) is 6.92 Å². The van der Waals surface area contributed by atoms with Crippen LogP contribution in [0.15, 0.2) is 28.9 Å². The number of benzene rings is 1. The van der Waals surface area contributed by atoms with Crippen LogP contribution in [0.1, 0.15) is 36.2 Å². The molecule has 0 amide bonds. The predicted octanol–water partition coefficient (Wildman–Crippen LogP) is 4.23. The quantitative estimate of drug-likeness (QED) is 0.868. The van der Waals surface area contributed by atoms with E-state index in [0.29, 0.717) is 0 Å². The van der Waals surface area contributed by atoms with Gasteiger partial charge in [-0.3, -0.25) is 4.68 Å². The molecule has 0 spiro atoms. The van der Waals surface area contributed by atoms with Gasteiger partial charge in [0.2, 0.25) is 0 Å². The highest BCUT2D eigenvalue weighted by molar-refractivity contribution is 9.10. The lowest BCUT2D eigenvalue weighted by atomic mass is 10.0. The van der Waals surface area contributed by atoms with Crippen LogP contribution >= 0.6 is 27.5 Å². The summed E-state index contributed by atoms with van der Waals surface area (Å²) in [5.74, 6) is 0. The number of hydrogen-bond donors (Lipinski definition) is 1. The Morgan fingerprint density at radius 3 is 2.80 bits per heavy atom. The summed E-state index contributed by atoms with van der Waals surface area (Å²) in [5, 5.41) is 8.69. The second-order valence-corrected chi connectivity index (χ2v) is 6.10. The van der Waals surface area contributed by atoms with Crippen molar-refractivity contribution < 1.29 is 0 Å². The zero-order chi connectivity index (χ0) is 14.7. The molecule has 0 saturated heterocycles. The van der Waals surface area contributed by atoms with Gasteiger partial charge in [0.05, 0.1) is 22.4 Å². The van der Waals surface area contributed by atoms with Gasteiger partial charge in [0.15, 0.2) is 0 Å². The first-order chi connectivity index (χ1) is 9.56. The molecule has 1 unspecified atom stereocenters. The second-order valence-electron chi connectivity index (χ2n) is 4.87. The van der Waals surface area contributed by atoms with Crippen molar-refractivity contribution in [3.63, 3.8) is 0 Å². The molecule has 1 aromatic carbocycles. The van der Waals surface area contributed by atoms with Crippen molar-refractivity contribution in [1.29, 1.82) is 0 Å². The molecule has 108 valence electrons. The fourth-order valence-electron chi connectivity index (χ4n) is 2.28. The largest absolute Gasteiger partial charge is 0.305 e.